The molecule has 0 unspecified atom stereocenters. The van der Waals surface area contributed by atoms with E-state index in [1.165, 1.54) is 43.5 Å². The molecule has 4 heteroatoms. The Morgan fingerprint density at radius 2 is 1.61 bits per heavy atom. The van der Waals surface area contributed by atoms with Gasteiger partial charge >= 0.3 is 0 Å². The summed E-state index contributed by atoms with van der Waals surface area (Å²) in [6, 6.07) is 7.59. The van der Waals surface area contributed by atoms with Crippen molar-refractivity contribution in [1.29, 1.82) is 0 Å². The van der Waals surface area contributed by atoms with Gasteiger partial charge in [0, 0.05) is 11.1 Å². The van der Waals surface area contributed by atoms with Crippen molar-refractivity contribution in [3.8, 4) is 16.9 Å². The maximum Gasteiger partial charge on any atom is 0.150 e. The summed E-state index contributed by atoms with van der Waals surface area (Å²) >= 11 is 0. The van der Waals surface area contributed by atoms with E-state index in [2.05, 4.69) is 0 Å². The first-order chi connectivity index (χ1) is 8.65. The van der Waals surface area contributed by atoms with Crippen LogP contribution in [-0.2, 0) is 0 Å². The minimum absolute atomic E-state index is 0.278. The van der Waals surface area contributed by atoms with Crippen LogP contribution in [0.5, 0.6) is 5.75 Å². The van der Waals surface area contributed by atoms with Crippen LogP contribution in [0.4, 0.5) is 8.78 Å². The zero-order valence-corrected chi connectivity index (χ0v) is 9.61. The fourth-order valence-corrected chi connectivity index (χ4v) is 1.76. The van der Waals surface area contributed by atoms with Crippen molar-refractivity contribution < 1.29 is 18.3 Å². The molecular formula is C14H10F2O2. The smallest absolute Gasteiger partial charge is 0.150 e. The van der Waals surface area contributed by atoms with Crippen LogP contribution >= 0.6 is 0 Å². The molecule has 2 aromatic rings. The Hall–Kier alpha value is -2.23. The van der Waals surface area contributed by atoms with Crippen molar-refractivity contribution >= 4 is 6.29 Å². The van der Waals surface area contributed by atoms with E-state index in [4.69, 9.17) is 4.74 Å². The molecule has 92 valence electrons. The molecule has 0 bridgehead atoms. The number of rotatable bonds is 3. The average Bonchev–Trinajstić information content (AvgIpc) is 2.38. The van der Waals surface area contributed by atoms with E-state index in [1.807, 2.05) is 0 Å². The van der Waals surface area contributed by atoms with Gasteiger partial charge in [-0.05, 0) is 42.0 Å². The Morgan fingerprint density at radius 1 is 1.00 bits per heavy atom. The highest BCUT2D eigenvalue weighted by Gasteiger charge is 2.12. The van der Waals surface area contributed by atoms with Gasteiger partial charge in [-0.15, -0.1) is 0 Å². The van der Waals surface area contributed by atoms with Crippen LogP contribution in [0.2, 0.25) is 0 Å². The molecule has 2 nitrogen and oxygen atoms in total. The van der Waals surface area contributed by atoms with Gasteiger partial charge in [0.15, 0.2) is 6.29 Å². The van der Waals surface area contributed by atoms with Gasteiger partial charge in [0.2, 0.25) is 0 Å². The maximum atomic E-state index is 13.3. The summed E-state index contributed by atoms with van der Waals surface area (Å²) in [5, 5.41) is 0. The third-order valence-electron chi connectivity index (χ3n) is 2.59. The fourth-order valence-electron chi connectivity index (χ4n) is 1.76. The van der Waals surface area contributed by atoms with Crippen LogP contribution in [0, 0.1) is 11.6 Å². The molecule has 0 N–H and O–H groups in total. The molecule has 0 atom stereocenters. The molecule has 0 amide bonds. The second-order valence-electron chi connectivity index (χ2n) is 3.69. The average molecular weight is 248 g/mol. The largest absolute Gasteiger partial charge is 0.496 e. The third kappa shape index (κ3) is 2.22. The second-order valence-corrected chi connectivity index (χ2v) is 3.69. The zero-order valence-electron chi connectivity index (χ0n) is 9.61. The summed E-state index contributed by atoms with van der Waals surface area (Å²) in [5.41, 5.74) is 0.931. The molecule has 0 aliphatic carbocycles. The number of carbonyl (C=O) groups is 1. The summed E-state index contributed by atoms with van der Waals surface area (Å²) in [6.45, 7) is 0. The van der Waals surface area contributed by atoms with Gasteiger partial charge in [0.25, 0.3) is 0 Å². The molecule has 0 saturated heterocycles. The lowest BCUT2D eigenvalue weighted by molar-refractivity contribution is 0.112. The molecule has 0 radical (unpaired) electrons. The molecule has 0 aliphatic heterocycles. The monoisotopic (exact) mass is 248 g/mol. The number of halogens is 2. The highest BCUT2D eigenvalue weighted by Crippen LogP contribution is 2.32. The Labute approximate surface area is 103 Å². The molecule has 0 spiro atoms. The molecule has 0 saturated carbocycles. The predicted molar refractivity (Wildman–Crippen MR) is 63.7 cm³/mol. The van der Waals surface area contributed by atoms with Gasteiger partial charge in [-0.25, -0.2) is 8.78 Å². The van der Waals surface area contributed by atoms with E-state index in [9.17, 15) is 13.6 Å². The summed E-state index contributed by atoms with van der Waals surface area (Å²) in [6.07, 6.45) is 0.596. The molecule has 0 aromatic heterocycles. The molecular weight excluding hydrogens is 238 g/mol. The van der Waals surface area contributed by atoms with E-state index >= 15 is 0 Å². The van der Waals surface area contributed by atoms with E-state index in [-0.39, 0.29) is 5.56 Å². The van der Waals surface area contributed by atoms with E-state index in [0.29, 0.717) is 23.2 Å². The molecule has 2 aromatic carbocycles. The Morgan fingerprint density at radius 3 is 2.22 bits per heavy atom. The lowest BCUT2D eigenvalue weighted by Gasteiger charge is -2.10. The van der Waals surface area contributed by atoms with E-state index in [0.717, 1.165) is 0 Å². The molecule has 0 fully saturated rings. The third-order valence-corrected chi connectivity index (χ3v) is 2.59. The van der Waals surface area contributed by atoms with E-state index in [1.54, 1.807) is 0 Å². The normalized spacial score (nSPS) is 10.2. The topological polar surface area (TPSA) is 26.3 Å². The summed E-state index contributed by atoms with van der Waals surface area (Å²) in [5.74, 6) is -0.598. The van der Waals surface area contributed by atoms with Crippen molar-refractivity contribution in [2.24, 2.45) is 0 Å². The van der Waals surface area contributed by atoms with Gasteiger partial charge in [0.05, 0.1) is 7.11 Å². The minimum Gasteiger partial charge on any atom is -0.496 e. The number of hydrogen-bond donors (Lipinski definition) is 0. The van der Waals surface area contributed by atoms with Crippen molar-refractivity contribution in [2.45, 2.75) is 0 Å². The van der Waals surface area contributed by atoms with Crippen molar-refractivity contribution in [1.82, 2.24) is 0 Å². The Kier molecular flexibility index (Phi) is 3.37. The van der Waals surface area contributed by atoms with Crippen LogP contribution in [-0.4, -0.2) is 13.4 Å². The van der Waals surface area contributed by atoms with Crippen LogP contribution in [0.3, 0.4) is 0 Å². The second kappa shape index (κ2) is 4.96. The first-order valence-electron chi connectivity index (χ1n) is 5.24. The van der Waals surface area contributed by atoms with Gasteiger partial charge in [-0.2, -0.15) is 0 Å². The minimum atomic E-state index is -0.498. The molecule has 18 heavy (non-hydrogen) atoms. The van der Waals surface area contributed by atoms with Crippen LogP contribution in [0.1, 0.15) is 10.4 Å². The Bertz CT molecular complexity index is 594. The van der Waals surface area contributed by atoms with Gasteiger partial charge in [-0.1, -0.05) is 0 Å². The zero-order chi connectivity index (χ0) is 13.1. The molecule has 0 heterocycles. The molecule has 0 aliphatic rings. The van der Waals surface area contributed by atoms with Crippen LogP contribution in [0.25, 0.3) is 11.1 Å². The Balaban J connectivity index is 2.70. The highest BCUT2D eigenvalue weighted by atomic mass is 19.1. The predicted octanol–water partition coefficient (Wildman–Crippen LogP) is 3.45. The van der Waals surface area contributed by atoms with E-state index < -0.39 is 11.6 Å². The number of carbonyl (C=O) groups excluding carboxylic acids is 1. The highest BCUT2D eigenvalue weighted by molar-refractivity contribution is 5.89. The number of ether oxygens (including phenoxy) is 1. The summed E-state index contributed by atoms with van der Waals surface area (Å²) < 4.78 is 31.6. The SMILES string of the molecule is COc1ccc(F)cc1-c1cc(F)ccc1C=O. The van der Waals surface area contributed by atoms with Crippen molar-refractivity contribution in [2.75, 3.05) is 7.11 Å². The van der Waals surface area contributed by atoms with Crippen LogP contribution in [0.15, 0.2) is 36.4 Å². The first-order valence-corrected chi connectivity index (χ1v) is 5.24. The lowest BCUT2D eigenvalue weighted by Crippen LogP contribution is -1.94. The fraction of sp³-hybridized carbons (Fsp3) is 0.0714. The summed E-state index contributed by atoms with van der Waals surface area (Å²) in [7, 11) is 1.43. The van der Waals surface area contributed by atoms with Crippen molar-refractivity contribution in [3.05, 3.63) is 53.6 Å². The van der Waals surface area contributed by atoms with Gasteiger partial charge < -0.3 is 4.74 Å². The number of methoxy groups -OCH3 is 1. The summed E-state index contributed by atoms with van der Waals surface area (Å²) in [4.78, 5) is 10.9. The van der Waals surface area contributed by atoms with Gasteiger partial charge in [-0.3, -0.25) is 4.79 Å². The number of benzene rings is 2. The van der Waals surface area contributed by atoms with Gasteiger partial charge in [0.1, 0.15) is 17.4 Å². The quantitative estimate of drug-likeness (QED) is 0.777. The number of aldehydes is 1. The first kappa shape index (κ1) is 12.2. The van der Waals surface area contributed by atoms with Crippen molar-refractivity contribution in [3.63, 3.8) is 0 Å². The maximum absolute atomic E-state index is 13.3. The van der Waals surface area contributed by atoms with Crippen LogP contribution < -0.4 is 4.74 Å². The lowest BCUT2D eigenvalue weighted by atomic mass is 9.99. The number of hydrogen-bond acceptors (Lipinski definition) is 2. The standard InChI is InChI=1S/C14H10F2O2/c1-18-14-5-4-11(16)7-13(14)12-6-10(15)3-2-9(12)8-17/h2-8H,1H3. The molecule has 2 rings (SSSR count).